The molecule has 1 aliphatic carbocycles. The van der Waals surface area contributed by atoms with Crippen molar-refractivity contribution in [2.75, 3.05) is 12.4 Å². The highest BCUT2D eigenvalue weighted by atomic mass is 32.2. The topological polar surface area (TPSA) is 26.3 Å². The van der Waals surface area contributed by atoms with E-state index in [-0.39, 0.29) is 5.97 Å². The molecule has 3 heteroatoms. The van der Waals surface area contributed by atoms with Gasteiger partial charge in [-0.25, -0.2) is 4.79 Å². The Balaban J connectivity index is 1.81. The van der Waals surface area contributed by atoms with Crippen molar-refractivity contribution in [3.05, 3.63) is 12.7 Å². The third kappa shape index (κ3) is 4.44. The number of thioether (sulfide) groups is 1. The normalized spacial score (nSPS) is 15.7. The molecule has 0 amide bonds. The van der Waals surface area contributed by atoms with E-state index < -0.39 is 0 Å². The highest BCUT2D eigenvalue weighted by Crippen LogP contribution is 2.34. The van der Waals surface area contributed by atoms with Gasteiger partial charge in [0, 0.05) is 11.3 Å². The van der Waals surface area contributed by atoms with Gasteiger partial charge in [-0.3, -0.25) is 0 Å². The number of ether oxygens (including phenoxy) is 1. The standard InChI is InChI=1S/C9H14O2S/c1-2-9(10)11-6-3-7-12-8-4-5-8/h2,8H,1,3-7H2. The second-order valence-corrected chi connectivity index (χ2v) is 4.20. The van der Waals surface area contributed by atoms with Gasteiger partial charge in [-0.15, -0.1) is 0 Å². The molecule has 0 aromatic rings. The van der Waals surface area contributed by atoms with Crippen molar-refractivity contribution in [3.8, 4) is 0 Å². The summed E-state index contributed by atoms with van der Waals surface area (Å²) in [6.07, 6.45) is 4.91. The minimum Gasteiger partial charge on any atom is -0.463 e. The third-order valence-corrected chi connectivity index (χ3v) is 3.04. The fourth-order valence-electron chi connectivity index (χ4n) is 0.775. The van der Waals surface area contributed by atoms with Gasteiger partial charge in [0.05, 0.1) is 6.61 Å². The second-order valence-electron chi connectivity index (χ2n) is 2.80. The Labute approximate surface area is 77.4 Å². The van der Waals surface area contributed by atoms with Crippen LogP contribution in [0.4, 0.5) is 0 Å². The Kier molecular flexibility index (Phi) is 4.22. The van der Waals surface area contributed by atoms with Gasteiger partial charge < -0.3 is 4.74 Å². The molecule has 0 N–H and O–H groups in total. The molecular formula is C9H14O2S. The Morgan fingerprint density at radius 1 is 1.67 bits per heavy atom. The van der Waals surface area contributed by atoms with Crippen molar-refractivity contribution in [3.63, 3.8) is 0 Å². The number of carbonyl (C=O) groups excluding carboxylic acids is 1. The Bertz CT molecular complexity index is 164. The summed E-state index contributed by atoms with van der Waals surface area (Å²) < 4.78 is 4.82. The molecule has 2 nitrogen and oxygen atoms in total. The first-order chi connectivity index (χ1) is 5.83. The zero-order valence-corrected chi connectivity index (χ0v) is 7.94. The summed E-state index contributed by atoms with van der Waals surface area (Å²) >= 11 is 1.98. The lowest BCUT2D eigenvalue weighted by molar-refractivity contribution is -0.137. The summed E-state index contributed by atoms with van der Waals surface area (Å²) in [5, 5.41) is 0.903. The molecule has 12 heavy (non-hydrogen) atoms. The van der Waals surface area contributed by atoms with Crippen LogP contribution >= 0.6 is 11.8 Å². The molecule has 1 rings (SSSR count). The van der Waals surface area contributed by atoms with E-state index in [1.54, 1.807) is 0 Å². The minimum absolute atomic E-state index is 0.313. The maximum absolute atomic E-state index is 10.6. The van der Waals surface area contributed by atoms with Crippen LogP contribution < -0.4 is 0 Å². The largest absolute Gasteiger partial charge is 0.463 e. The number of rotatable bonds is 6. The van der Waals surface area contributed by atoms with E-state index in [1.165, 1.54) is 18.9 Å². The average Bonchev–Trinajstić information content (AvgIpc) is 2.87. The smallest absolute Gasteiger partial charge is 0.330 e. The molecule has 0 spiro atoms. The van der Waals surface area contributed by atoms with E-state index in [1.807, 2.05) is 11.8 Å². The van der Waals surface area contributed by atoms with Crippen molar-refractivity contribution < 1.29 is 9.53 Å². The van der Waals surface area contributed by atoms with Crippen molar-refractivity contribution >= 4 is 17.7 Å². The van der Waals surface area contributed by atoms with E-state index in [2.05, 4.69) is 6.58 Å². The molecule has 0 atom stereocenters. The highest BCUT2D eigenvalue weighted by molar-refractivity contribution is 8.00. The first kappa shape index (κ1) is 9.65. The molecular weight excluding hydrogens is 172 g/mol. The van der Waals surface area contributed by atoms with Crippen molar-refractivity contribution in [2.45, 2.75) is 24.5 Å². The predicted octanol–water partition coefficient (Wildman–Crippen LogP) is 2.00. The maximum Gasteiger partial charge on any atom is 0.330 e. The molecule has 0 aromatic carbocycles. The monoisotopic (exact) mass is 186 g/mol. The summed E-state index contributed by atoms with van der Waals surface area (Å²) in [7, 11) is 0. The van der Waals surface area contributed by atoms with Gasteiger partial charge >= 0.3 is 5.97 Å². The highest BCUT2D eigenvalue weighted by Gasteiger charge is 2.20. The molecule has 1 fully saturated rings. The maximum atomic E-state index is 10.6. The number of esters is 1. The molecule has 0 radical (unpaired) electrons. The predicted molar refractivity (Wildman–Crippen MR) is 51.3 cm³/mol. The van der Waals surface area contributed by atoms with Crippen LogP contribution in [0.1, 0.15) is 19.3 Å². The van der Waals surface area contributed by atoms with E-state index >= 15 is 0 Å². The van der Waals surface area contributed by atoms with Crippen molar-refractivity contribution in [1.29, 1.82) is 0 Å². The molecule has 68 valence electrons. The van der Waals surface area contributed by atoms with E-state index in [0.717, 1.165) is 17.4 Å². The molecule has 0 unspecified atom stereocenters. The van der Waals surface area contributed by atoms with Crippen LogP contribution in [0.2, 0.25) is 0 Å². The number of carbonyl (C=O) groups is 1. The Morgan fingerprint density at radius 3 is 3.00 bits per heavy atom. The molecule has 0 saturated heterocycles. The van der Waals surface area contributed by atoms with E-state index in [0.29, 0.717) is 6.61 Å². The molecule has 1 aliphatic rings. The Hall–Kier alpha value is -0.440. The minimum atomic E-state index is -0.313. The van der Waals surface area contributed by atoms with Crippen LogP contribution in [-0.4, -0.2) is 23.6 Å². The molecule has 0 bridgehead atoms. The van der Waals surface area contributed by atoms with Gasteiger partial charge in [0.1, 0.15) is 0 Å². The fraction of sp³-hybridized carbons (Fsp3) is 0.667. The van der Waals surface area contributed by atoms with Crippen molar-refractivity contribution in [1.82, 2.24) is 0 Å². The number of hydrogen-bond acceptors (Lipinski definition) is 3. The summed E-state index contributed by atoms with van der Waals surface area (Å²) in [5.41, 5.74) is 0. The van der Waals surface area contributed by atoms with Gasteiger partial charge in [0.15, 0.2) is 0 Å². The van der Waals surface area contributed by atoms with Gasteiger partial charge in [0.2, 0.25) is 0 Å². The van der Waals surface area contributed by atoms with Gasteiger partial charge in [-0.1, -0.05) is 6.58 Å². The van der Waals surface area contributed by atoms with Crippen LogP contribution in [0.25, 0.3) is 0 Å². The molecule has 0 aromatic heterocycles. The van der Waals surface area contributed by atoms with Gasteiger partial charge in [0.25, 0.3) is 0 Å². The zero-order chi connectivity index (χ0) is 8.81. The van der Waals surface area contributed by atoms with Crippen LogP contribution in [-0.2, 0) is 9.53 Å². The fourth-order valence-corrected chi connectivity index (χ4v) is 1.86. The van der Waals surface area contributed by atoms with Gasteiger partial charge in [-0.2, -0.15) is 11.8 Å². The molecule has 1 saturated carbocycles. The third-order valence-electron chi connectivity index (χ3n) is 1.58. The lowest BCUT2D eigenvalue weighted by Gasteiger charge is -2.00. The van der Waals surface area contributed by atoms with Crippen LogP contribution in [0.3, 0.4) is 0 Å². The van der Waals surface area contributed by atoms with Crippen LogP contribution in [0, 0.1) is 0 Å². The summed E-state index contributed by atoms with van der Waals surface area (Å²) in [6, 6.07) is 0. The van der Waals surface area contributed by atoms with E-state index in [9.17, 15) is 4.79 Å². The van der Waals surface area contributed by atoms with Crippen LogP contribution in [0.15, 0.2) is 12.7 Å². The average molecular weight is 186 g/mol. The molecule has 0 heterocycles. The number of hydrogen-bond donors (Lipinski definition) is 0. The quantitative estimate of drug-likeness (QED) is 0.360. The summed E-state index contributed by atoms with van der Waals surface area (Å²) in [6.45, 7) is 3.85. The Morgan fingerprint density at radius 2 is 2.42 bits per heavy atom. The first-order valence-corrected chi connectivity index (χ1v) is 5.28. The molecule has 0 aliphatic heterocycles. The van der Waals surface area contributed by atoms with Crippen molar-refractivity contribution in [2.24, 2.45) is 0 Å². The zero-order valence-electron chi connectivity index (χ0n) is 7.12. The van der Waals surface area contributed by atoms with Crippen LogP contribution in [0.5, 0.6) is 0 Å². The second kappa shape index (κ2) is 5.25. The lowest BCUT2D eigenvalue weighted by Crippen LogP contribution is -2.02. The first-order valence-electron chi connectivity index (χ1n) is 4.23. The summed E-state index contributed by atoms with van der Waals surface area (Å²) in [5.74, 6) is 0.793. The van der Waals surface area contributed by atoms with Gasteiger partial charge in [-0.05, 0) is 25.0 Å². The van der Waals surface area contributed by atoms with E-state index in [4.69, 9.17) is 4.74 Å². The SMILES string of the molecule is C=CC(=O)OCCCSC1CC1. The lowest BCUT2D eigenvalue weighted by atomic mass is 10.5. The summed E-state index contributed by atoms with van der Waals surface area (Å²) in [4.78, 5) is 10.6.